The molecular formula is C24H30N2O2. The highest BCUT2D eigenvalue weighted by atomic mass is 16.5. The van der Waals surface area contributed by atoms with Gasteiger partial charge in [0.2, 0.25) is 5.91 Å². The lowest BCUT2D eigenvalue weighted by atomic mass is 9.83. The molecule has 1 atom stereocenters. The Hall–Kier alpha value is -2.17. The van der Waals surface area contributed by atoms with Gasteiger partial charge >= 0.3 is 0 Å². The molecule has 4 rings (SSSR count). The van der Waals surface area contributed by atoms with E-state index in [1.54, 1.807) is 4.90 Å². The molecule has 28 heavy (non-hydrogen) atoms. The fraction of sp³-hybridized carbons (Fsp3) is 0.458. The van der Waals surface area contributed by atoms with Crippen LogP contribution in [0.2, 0.25) is 0 Å². The second-order valence-corrected chi connectivity index (χ2v) is 8.36. The van der Waals surface area contributed by atoms with Gasteiger partial charge in [-0.1, -0.05) is 54.6 Å². The van der Waals surface area contributed by atoms with E-state index in [1.165, 1.54) is 16.7 Å². The van der Waals surface area contributed by atoms with Crippen LogP contribution in [0, 0.1) is 5.92 Å². The molecular weight excluding hydrogens is 348 g/mol. The number of benzene rings is 2. The highest BCUT2D eigenvalue weighted by molar-refractivity contribution is 5.78. The van der Waals surface area contributed by atoms with E-state index < -0.39 is 0 Å². The fourth-order valence-corrected chi connectivity index (χ4v) is 4.70. The number of ether oxygens (including phenoxy) is 1. The second kappa shape index (κ2) is 8.06. The van der Waals surface area contributed by atoms with Crippen molar-refractivity contribution in [3.8, 4) is 0 Å². The zero-order valence-electron chi connectivity index (χ0n) is 16.9. The topological polar surface area (TPSA) is 32.8 Å². The maximum atomic E-state index is 12.8. The van der Waals surface area contributed by atoms with Gasteiger partial charge in [-0.05, 0) is 36.0 Å². The van der Waals surface area contributed by atoms with Gasteiger partial charge in [0.05, 0.1) is 18.1 Å². The van der Waals surface area contributed by atoms with Crippen LogP contribution >= 0.6 is 0 Å². The van der Waals surface area contributed by atoms with Crippen molar-refractivity contribution in [2.24, 2.45) is 5.92 Å². The Kier molecular flexibility index (Phi) is 5.51. The van der Waals surface area contributed by atoms with Crippen molar-refractivity contribution in [3.05, 3.63) is 71.3 Å². The van der Waals surface area contributed by atoms with Crippen LogP contribution in [0.3, 0.4) is 0 Å². The molecule has 2 aliphatic rings. The lowest BCUT2D eigenvalue weighted by Gasteiger charge is -2.40. The lowest BCUT2D eigenvalue weighted by Crippen LogP contribution is -2.46. The van der Waals surface area contributed by atoms with Crippen LogP contribution in [0.25, 0.3) is 0 Å². The normalized spacial score (nSPS) is 19.4. The number of carbonyl (C=O) groups is 1. The first-order chi connectivity index (χ1) is 13.6. The molecule has 0 aliphatic carbocycles. The molecule has 148 valence electrons. The standard InChI is InChI=1S/C24H30N2O2/c1-25(2)23(27)21(16-19-8-4-3-5-9-19)17-26-14-12-24(13-15-26)22-11-7-6-10-20(22)18-28-24/h3-11,21H,12-18H2,1-2H3. The van der Waals surface area contributed by atoms with Gasteiger partial charge in [-0.15, -0.1) is 0 Å². The summed E-state index contributed by atoms with van der Waals surface area (Å²) in [4.78, 5) is 17.0. The summed E-state index contributed by atoms with van der Waals surface area (Å²) in [6.07, 6.45) is 2.79. The molecule has 0 aromatic heterocycles. The zero-order valence-corrected chi connectivity index (χ0v) is 16.9. The molecule has 2 aliphatic heterocycles. The Morgan fingerprint density at radius 1 is 1.07 bits per heavy atom. The largest absolute Gasteiger partial charge is 0.365 e. The summed E-state index contributed by atoms with van der Waals surface area (Å²) >= 11 is 0. The minimum Gasteiger partial charge on any atom is -0.365 e. The summed E-state index contributed by atoms with van der Waals surface area (Å²) in [5.41, 5.74) is 3.82. The molecule has 0 bridgehead atoms. The zero-order chi connectivity index (χ0) is 19.6. The van der Waals surface area contributed by atoms with Gasteiger partial charge < -0.3 is 14.5 Å². The molecule has 2 aromatic rings. The summed E-state index contributed by atoms with van der Waals surface area (Å²) in [6, 6.07) is 19.0. The molecule has 4 nitrogen and oxygen atoms in total. The Balaban J connectivity index is 1.42. The van der Waals surface area contributed by atoms with E-state index in [0.29, 0.717) is 0 Å². The summed E-state index contributed by atoms with van der Waals surface area (Å²) in [7, 11) is 3.71. The van der Waals surface area contributed by atoms with Gasteiger partial charge in [-0.25, -0.2) is 0 Å². The monoisotopic (exact) mass is 378 g/mol. The smallest absolute Gasteiger partial charge is 0.226 e. The molecule has 1 spiro atoms. The van der Waals surface area contributed by atoms with E-state index in [2.05, 4.69) is 41.3 Å². The summed E-state index contributed by atoms with van der Waals surface area (Å²) in [6.45, 7) is 3.48. The quantitative estimate of drug-likeness (QED) is 0.799. The van der Waals surface area contributed by atoms with Crippen molar-refractivity contribution >= 4 is 5.91 Å². The van der Waals surface area contributed by atoms with Crippen molar-refractivity contribution in [1.29, 1.82) is 0 Å². The number of piperidine rings is 1. The Labute approximate surface area is 168 Å². The maximum Gasteiger partial charge on any atom is 0.226 e. The molecule has 1 unspecified atom stereocenters. The van der Waals surface area contributed by atoms with Crippen LogP contribution in [-0.4, -0.2) is 49.4 Å². The van der Waals surface area contributed by atoms with E-state index in [4.69, 9.17) is 4.74 Å². The third-order valence-corrected chi connectivity index (χ3v) is 6.27. The minimum atomic E-state index is -0.117. The van der Waals surface area contributed by atoms with Gasteiger partial charge in [0, 0.05) is 33.7 Å². The molecule has 1 amide bonds. The van der Waals surface area contributed by atoms with E-state index in [0.717, 1.165) is 45.5 Å². The van der Waals surface area contributed by atoms with Crippen molar-refractivity contribution in [2.75, 3.05) is 33.7 Å². The van der Waals surface area contributed by atoms with Gasteiger partial charge in [0.25, 0.3) is 0 Å². The Morgan fingerprint density at radius 3 is 2.46 bits per heavy atom. The van der Waals surface area contributed by atoms with E-state index >= 15 is 0 Å². The third-order valence-electron chi connectivity index (χ3n) is 6.27. The van der Waals surface area contributed by atoms with Gasteiger partial charge in [-0.3, -0.25) is 4.79 Å². The molecule has 0 N–H and O–H groups in total. The molecule has 0 radical (unpaired) electrons. The number of hydrogen-bond acceptors (Lipinski definition) is 3. The maximum absolute atomic E-state index is 12.8. The molecule has 4 heteroatoms. The summed E-state index contributed by atoms with van der Waals surface area (Å²) < 4.78 is 6.28. The van der Waals surface area contributed by atoms with Gasteiger partial charge in [0.15, 0.2) is 0 Å². The van der Waals surface area contributed by atoms with E-state index in [9.17, 15) is 4.79 Å². The predicted molar refractivity (Wildman–Crippen MR) is 111 cm³/mol. The van der Waals surface area contributed by atoms with Crippen LogP contribution in [0.4, 0.5) is 0 Å². The summed E-state index contributed by atoms with van der Waals surface area (Å²) in [5.74, 6) is 0.204. The SMILES string of the molecule is CN(C)C(=O)C(Cc1ccccc1)CN1CCC2(CC1)OCc1ccccc12. The Bertz CT molecular complexity index is 810. The average molecular weight is 379 g/mol. The van der Waals surface area contributed by atoms with Crippen molar-refractivity contribution in [1.82, 2.24) is 9.80 Å². The predicted octanol–water partition coefficient (Wildman–Crippen LogP) is 3.46. The summed E-state index contributed by atoms with van der Waals surface area (Å²) in [5, 5.41) is 0. The van der Waals surface area contributed by atoms with Crippen LogP contribution in [-0.2, 0) is 28.2 Å². The van der Waals surface area contributed by atoms with Crippen LogP contribution in [0.5, 0.6) is 0 Å². The number of rotatable bonds is 5. The van der Waals surface area contributed by atoms with Gasteiger partial charge in [0.1, 0.15) is 0 Å². The first kappa shape index (κ1) is 19.2. The molecule has 2 heterocycles. The first-order valence-corrected chi connectivity index (χ1v) is 10.3. The lowest BCUT2D eigenvalue weighted by molar-refractivity contribution is -0.134. The van der Waals surface area contributed by atoms with Crippen molar-refractivity contribution in [2.45, 2.75) is 31.5 Å². The number of fused-ring (bicyclic) bond motifs is 2. The highest BCUT2D eigenvalue weighted by Gasteiger charge is 2.42. The van der Waals surface area contributed by atoms with Gasteiger partial charge in [-0.2, -0.15) is 0 Å². The third kappa shape index (κ3) is 3.85. The molecule has 2 aromatic carbocycles. The average Bonchev–Trinajstić information content (AvgIpc) is 3.08. The molecule has 1 saturated heterocycles. The van der Waals surface area contributed by atoms with Crippen molar-refractivity contribution < 1.29 is 9.53 Å². The van der Waals surface area contributed by atoms with Crippen LogP contribution in [0.15, 0.2) is 54.6 Å². The minimum absolute atomic E-state index is 0.0109. The molecule has 1 fully saturated rings. The second-order valence-electron chi connectivity index (χ2n) is 8.36. The van der Waals surface area contributed by atoms with E-state index in [1.807, 2.05) is 32.3 Å². The molecule has 0 saturated carbocycles. The van der Waals surface area contributed by atoms with E-state index in [-0.39, 0.29) is 17.4 Å². The van der Waals surface area contributed by atoms with Crippen LogP contribution in [0.1, 0.15) is 29.5 Å². The van der Waals surface area contributed by atoms with Crippen molar-refractivity contribution in [3.63, 3.8) is 0 Å². The highest BCUT2D eigenvalue weighted by Crippen LogP contribution is 2.44. The number of nitrogens with zero attached hydrogens (tertiary/aromatic N) is 2. The number of likely N-dealkylation sites (tertiary alicyclic amines) is 1. The fourth-order valence-electron chi connectivity index (χ4n) is 4.70. The first-order valence-electron chi connectivity index (χ1n) is 10.3. The number of amides is 1. The number of carbonyl (C=O) groups excluding carboxylic acids is 1. The Morgan fingerprint density at radius 2 is 1.75 bits per heavy atom. The number of hydrogen-bond donors (Lipinski definition) is 0. The van der Waals surface area contributed by atoms with Crippen LogP contribution < -0.4 is 0 Å².